The zero-order valence-electron chi connectivity index (χ0n) is 14.9. The molecule has 4 rings (SSSR count). The van der Waals surface area contributed by atoms with Gasteiger partial charge in [-0.05, 0) is 44.1 Å². The fourth-order valence-electron chi connectivity index (χ4n) is 4.03. The van der Waals surface area contributed by atoms with E-state index in [9.17, 15) is 5.11 Å². The summed E-state index contributed by atoms with van der Waals surface area (Å²) in [4.78, 5) is 9.20. The lowest BCUT2D eigenvalue weighted by Gasteiger charge is -2.31. The largest absolute Gasteiger partial charge is 0.385 e. The van der Waals surface area contributed by atoms with Crippen LogP contribution in [0.4, 0.5) is 0 Å². The average Bonchev–Trinajstić information content (AvgIpc) is 3.26. The summed E-state index contributed by atoms with van der Waals surface area (Å²) in [6.07, 6.45) is 6.02. The molecule has 26 heavy (non-hydrogen) atoms. The molecule has 1 aliphatic carbocycles. The summed E-state index contributed by atoms with van der Waals surface area (Å²) in [6, 6.07) is 5.04. The molecule has 6 nitrogen and oxygen atoms in total. The molecule has 0 saturated heterocycles. The van der Waals surface area contributed by atoms with Gasteiger partial charge in [-0.2, -0.15) is 5.26 Å². The van der Waals surface area contributed by atoms with E-state index in [0.717, 1.165) is 59.3 Å². The molecule has 1 fully saturated rings. The van der Waals surface area contributed by atoms with Crippen LogP contribution < -0.4 is 5.32 Å². The number of aliphatic hydroxyl groups excluding tert-OH is 1. The lowest BCUT2D eigenvalue weighted by Crippen LogP contribution is -2.34. The molecule has 0 unspecified atom stereocenters. The standard InChI is InChI=1S/C19H23N5OS/c1-12(25)19-23-16-11-22-15-7-10-26-18(15)17(16)24(19)14-5-3-13(4-6-14)21-9-2-8-20/h7,10-14,21,25H,2-6,9H2,1H3/t12-,13-,14+/m1/s1. The Kier molecular flexibility index (Phi) is 4.90. The highest BCUT2D eigenvalue weighted by Gasteiger charge is 2.28. The number of hydrogen-bond acceptors (Lipinski definition) is 6. The van der Waals surface area contributed by atoms with Crippen molar-refractivity contribution in [2.45, 2.75) is 57.2 Å². The molecule has 136 valence electrons. The van der Waals surface area contributed by atoms with Gasteiger partial charge < -0.3 is 15.0 Å². The van der Waals surface area contributed by atoms with Gasteiger partial charge in [-0.25, -0.2) is 4.98 Å². The van der Waals surface area contributed by atoms with Crippen LogP contribution in [0.15, 0.2) is 17.6 Å². The van der Waals surface area contributed by atoms with E-state index in [-0.39, 0.29) is 0 Å². The Balaban J connectivity index is 1.66. The Morgan fingerprint density at radius 1 is 1.38 bits per heavy atom. The summed E-state index contributed by atoms with van der Waals surface area (Å²) >= 11 is 1.69. The van der Waals surface area contributed by atoms with Crippen molar-refractivity contribution in [3.8, 4) is 6.07 Å². The van der Waals surface area contributed by atoms with Crippen LogP contribution in [0, 0.1) is 11.3 Å². The number of imidazole rings is 1. The topological polar surface area (TPSA) is 86.8 Å². The van der Waals surface area contributed by atoms with Gasteiger partial charge in [0.1, 0.15) is 17.4 Å². The first-order valence-corrected chi connectivity index (χ1v) is 10.1. The molecule has 3 aromatic rings. The van der Waals surface area contributed by atoms with E-state index in [1.165, 1.54) is 0 Å². The maximum absolute atomic E-state index is 10.3. The van der Waals surface area contributed by atoms with Crippen molar-refractivity contribution in [3.63, 3.8) is 0 Å². The number of nitrogens with zero attached hydrogens (tertiary/aromatic N) is 4. The van der Waals surface area contributed by atoms with E-state index in [2.05, 4.69) is 26.3 Å². The first-order valence-electron chi connectivity index (χ1n) is 9.21. The van der Waals surface area contributed by atoms with Crippen LogP contribution in [0.3, 0.4) is 0 Å². The van der Waals surface area contributed by atoms with E-state index >= 15 is 0 Å². The minimum Gasteiger partial charge on any atom is -0.385 e. The van der Waals surface area contributed by atoms with Gasteiger partial charge in [-0.1, -0.05) is 0 Å². The van der Waals surface area contributed by atoms with Crippen LogP contribution >= 0.6 is 11.3 Å². The number of pyridine rings is 1. The maximum atomic E-state index is 10.3. The van der Waals surface area contributed by atoms with E-state index < -0.39 is 6.10 Å². The maximum Gasteiger partial charge on any atom is 0.138 e. The van der Waals surface area contributed by atoms with Gasteiger partial charge in [0.2, 0.25) is 0 Å². The zero-order chi connectivity index (χ0) is 18.1. The van der Waals surface area contributed by atoms with Gasteiger partial charge in [-0.3, -0.25) is 4.98 Å². The SMILES string of the molecule is C[C@@H](O)c1nc2cnc3ccsc3c2n1[C@H]1CC[C@@H](NCCC#N)CC1. The van der Waals surface area contributed by atoms with Crippen LogP contribution in [-0.4, -0.2) is 32.2 Å². The van der Waals surface area contributed by atoms with Crippen molar-refractivity contribution in [2.75, 3.05) is 6.54 Å². The Labute approximate surface area is 156 Å². The number of aromatic nitrogens is 3. The first kappa shape index (κ1) is 17.4. The number of hydrogen-bond donors (Lipinski definition) is 2. The third kappa shape index (κ3) is 3.09. The molecular weight excluding hydrogens is 346 g/mol. The first-order chi connectivity index (χ1) is 12.7. The summed E-state index contributed by atoms with van der Waals surface area (Å²) in [5.41, 5.74) is 2.97. The summed E-state index contributed by atoms with van der Waals surface area (Å²) in [6.45, 7) is 2.55. The smallest absolute Gasteiger partial charge is 0.138 e. The van der Waals surface area contributed by atoms with Gasteiger partial charge in [0.05, 0.1) is 28.0 Å². The molecule has 0 aliphatic heterocycles. The Morgan fingerprint density at radius 3 is 2.92 bits per heavy atom. The van der Waals surface area contributed by atoms with Crippen molar-refractivity contribution < 1.29 is 5.11 Å². The Bertz CT molecular complexity index is 946. The number of nitriles is 1. The van der Waals surface area contributed by atoms with E-state index in [4.69, 9.17) is 10.2 Å². The number of rotatable bonds is 5. The van der Waals surface area contributed by atoms with Crippen LogP contribution in [0.1, 0.15) is 57.0 Å². The van der Waals surface area contributed by atoms with Gasteiger partial charge in [-0.15, -0.1) is 11.3 Å². The average molecular weight is 369 g/mol. The summed E-state index contributed by atoms with van der Waals surface area (Å²) in [5, 5.41) is 24.5. The van der Waals surface area contributed by atoms with Gasteiger partial charge >= 0.3 is 0 Å². The summed E-state index contributed by atoms with van der Waals surface area (Å²) in [7, 11) is 0. The van der Waals surface area contributed by atoms with E-state index in [1.54, 1.807) is 18.3 Å². The number of fused-ring (bicyclic) bond motifs is 3. The van der Waals surface area contributed by atoms with Crippen LogP contribution in [-0.2, 0) is 0 Å². The quantitative estimate of drug-likeness (QED) is 0.670. The molecule has 1 aliphatic rings. The van der Waals surface area contributed by atoms with Crippen molar-refractivity contribution in [2.24, 2.45) is 0 Å². The molecule has 0 bridgehead atoms. The van der Waals surface area contributed by atoms with E-state index in [0.29, 0.717) is 18.5 Å². The third-order valence-electron chi connectivity index (χ3n) is 5.26. The highest BCUT2D eigenvalue weighted by molar-refractivity contribution is 7.18. The van der Waals surface area contributed by atoms with Crippen LogP contribution in [0.2, 0.25) is 0 Å². The molecular formula is C19H23N5OS. The molecule has 2 N–H and O–H groups in total. The normalized spacial score (nSPS) is 21.9. The Morgan fingerprint density at radius 2 is 2.19 bits per heavy atom. The molecule has 0 radical (unpaired) electrons. The van der Waals surface area contributed by atoms with Crippen molar-refractivity contribution >= 4 is 32.6 Å². The molecule has 1 saturated carbocycles. The number of thiophene rings is 1. The van der Waals surface area contributed by atoms with Gasteiger partial charge in [0, 0.05) is 25.0 Å². The van der Waals surface area contributed by atoms with Crippen LogP contribution in [0.5, 0.6) is 0 Å². The van der Waals surface area contributed by atoms with Crippen LogP contribution in [0.25, 0.3) is 21.3 Å². The minimum absolute atomic E-state index is 0.339. The monoisotopic (exact) mass is 369 g/mol. The fourth-order valence-corrected chi connectivity index (χ4v) is 4.92. The van der Waals surface area contributed by atoms with Crippen molar-refractivity contribution in [1.29, 1.82) is 5.26 Å². The lowest BCUT2D eigenvalue weighted by molar-refractivity contribution is 0.176. The highest BCUT2D eigenvalue weighted by atomic mass is 32.1. The van der Waals surface area contributed by atoms with E-state index in [1.807, 2.05) is 12.3 Å². The second-order valence-electron chi connectivity index (χ2n) is 7.01. The van der Waals surface area contributed by atoms with Gasteiger partial charge in [0.15, 0.2) is 0 Å². The third-order valence-corrected chi connectivity index (χ3v) is 6.17. The molecule has 3 aromatic heterocycles. The highest BCUT2D eigenvalue weighted by Crippen LogP contribution is 2.37. The predicted molar refractivity (Wildman–Crippen MR) is 103 cm³/mol. The molecule has 0 aromatic carbocycles. The lowest BCUT2D eigenvalue weighted by atomic mass is 9.90. The fraction of sp³-hybridized carbons (Fsp3) is 0.526. The predicted octanol–water partition coefficient (Wildman–Crippen LogP) is 3.69. The minimum atomic E-state index is -0.608. The number of nitrogens with one attached hydrogen (secondary N) is 1. The van der Waals surface area contributed by atoms with Gasteiger partial charge in [0.25, 0.3) is 0 Å². The second kappa shape index (κ2) is 7.31. The molecule has 0 amide bonds. The summed E-state index contributed by atoms with van der Waals surface area (Å²) < 4.78 is 3.42. The Hall–Kier alpha value is -2.01. The molecule has 0 spiro atoms. The zero-order valence-corrected chi connectivity index (χ0v) is 15.7. The summed E-state index contributed by atoms with van der Waals surface area (Å²) in [5.74, 6) is 0.739. The van der Waals surface area contributed by atoms with Crippen molar-refractivity contribution in [1.82, 2.24) is 19.9 Å². The van der Waals surface area contributed by atoms with Crippen molar-refractivity contribution in [3.05, 3.63) is 23.5 Å². The molecule has 3 heterocycles. The molecule has 7 heteroatoms. The molecule has 1 atom stereocenters. The second-order valence-corrected chi connectivity index (χ2v) is 7.93. The number of aliphatic hydroxyl groups is 1.